The van der Waals surface area contributed by atoms with Crippen LogP contribution in [0.5, 0.6) is 0 Å². The minimum absolute atomic E-state index is 0.0140. The number of likely N-dealkylation sites (tertiary alicyclic amines) is 1. The Morgan fingerprint density at radius 1 is 1.22 bits per heavy atom. The fourth-order valence-electron chi connectivity index (χ4n) is 6.32. The van der Waals surface area contributed by atoms with Gasteiger partial charge in [-0.1, -0.05) is 6.08 Å². The number of aliphatic hydroxyl groups excluding tert-OH is 1. The summed E-state index contributed by atoms with van der Waals surface area (Å²) < 4.78 is 11.6. The van der Waals surface area contributed by atoms with Gasteiger partial charge in [-0.2, -0.15) is 0 Å². The standard InChI is InChI=1S/C27H37N3O6/c1-5-15-29(19-11-9-18(10-12-19)28(6-2)7-3)25(33)23-27-14-13-20(36-27)21(26(34)35-8-4)22(27)24(32)30(23)16-17-31/h5,9-12,20-23,31H,1,6-8,13-17H2,2-4H3/t20-,21+,22+,23?,27?/m1/s1. The molecule has 3 aliphatic rings. The third-order valence-electron chi connectivity index (χ3n) is 7.80. The van der Waals surface area contributed by atoms with Gasteiger partial charge in [0, 0.05) is 37.6 Å². The molecule has 2 unspecified atom stereocenters. The van der Waals surface area contributed by atoms with Crippen molar-refractivity contribution in [2.75, 3.05) is 49.2 Å². The highest BCUT2D eigenvalue weighted by molar-refractivity contribution is 6.04. The van der Waals surface area contributed by atoms with Crippen LogP contribution in [0.2, 0.25) is 0 Å². The summed E-state index contributed by atoms with van der Waals surface area (Å²) in [6, 6.07) is 6.80. The zero-order chi connectivity index (χ0) is 26.0. The monoisotopic (exact) mass is 499 g/mol. The van der Waals surface area contributed by atoms with Gasteiger partial charge in [0.25, 0.3) is 5.91 Å². The van der Waals surface area contributed by atoms with Crippen molar-refractivity contribution in [1.29, 1.82) is 0 Å². The lowest BCUT2D eigenvalue weighted by Gasteiger charge is -2.36. The summed E-state index contributed by atoms with van der Waals surface area (Å²) in [5, 5.41) is 9.75. The van der Waals surface area contributed by atoms with Crippen molar-refractivity contribution in [2.24, 2.45) is 11.8 Å². The van der Waals surface area contributed by atoms with Gasteiger partial charge in [-0.15, -0.1) is 6.58 Å². The molecule has 5 atom stereocenters. The van der Waals surface area contributed by atoms with Crippen molar-refractivity contribution in [2.45, 2.75) is 51.4 Å². The van der Waals surface area contributed by atoms with Gasteiger partial charge in [-0.3, -0.25) is 14.4 Å². The Hall–Kier alpha value is -2.91. The minimum Gasteiger partial charge on any atom is -0.466 e. The molecule has 1 spiro atoms. The molecule has 1 aromatic rings. The largest absolute Gasteiger partial charge is 0.466 e. The Kier molecular flexibility index (Phi) is 7.70. The van der Waals surface area contributed by atoms with Gasteiger partial charge in [0.15, 0.2) is 0 Å². The quantitative estimate of drug-likeness (QED) is 0.367. The summed E-state index contributed by atoms with van der Waals surface area (Å²) in [5.41, 5.74) is 0.620. The molecular weight excluding hydrogens is 462 g/mol. The second-order valence-electron chi connectivity index (χ2n) is 9.49. The van der Waals surface area contributed by atoms with E-state index >= 15 is 0 Å². The van der Waals surface area contributed by atoms with Crippen molar-refractivity contribution in [3.8, 4) is 0 Å². The number of carbonyl (C=O) groups excluding carboxylic acids is 3. The van der Waals surface area contributed by atoms with Gasteiger partial charge in [0.2, 0.25) is 5.91 Å². The van der Waals surface area contributed by atoms with Crippen LogP contribution in [0.15, 0.2) is 36.9 Å². The third-order valence-corrected chi connectivity index (χ3v) is 7.80. The molecule has 9 heteroatoms. The Morgan fingerprint density at radius 3 is 2.47 bits per heavy atom. The Labute approximate surface area is 212 Å². The molecule has 0 aromatic heterocycles. The number of amides is 2. The van der Waals surface area contributed by atoms with E-state index in [4.69, 9.17) is 9.47 Å². The Morgan fingerprint density at radius 2 is 1.89 bits per heavy atom. The number of rotatable bonds is 11. The van der Waals surface area contributed by atoms with Crippen molar-refractivity contribution in [1.82, 2.24) is 4.90 Å². The van der Waals surface area contributed by atoms with Gasteiger partial charge in [0.1, 0.15) is 11.6 Å². The highest BCUT2D eigenvalue weighted by Crippen LogP contribution is 2.58. The van der Waals surface area contributed by atoms with E-state index in [1.54, 1.807) is 17.9 Å². The molecule has 3 saturated heterocycles. The molecule has 4 rings (SSSR count). The molecule has 0 saturated carbocycles. The maximum atomic E-state index is 14.2. The third kappa shape index (κ3) is 4.08. The van der Waals surface area contributed by atoms with Crippen LogP contribution in [0.1, 0.15) is 33.6 Å². The molecule has 36 heavy (non-hydrogen) atoms. The topological polar surface area (TPSA) is 99.6 Å². The first-order valence-corrected chi connectivity index (χ1v) is 12.9. The van der Waals surface area contributed by atoms with E-state index in [9.17, 15) is 19.5 Å². The number of hydrogen-bond donors (Lipinski definition) is 1. The van der Waals surface area contributed by atoms with E-state index in [0.29, 0.717) is 18.5 Å². The van der Waals surface area contributed by atoms with E-state index in [0.717, 1.165) is 18.8 Å². The van der Waals surface area contributed by atoms with Crippen LogP contribution in [0, 0.1) is 11.8 Å². The first-order chi connectivity index (χ1) is 17.4. The summed E-state index contributed by atoms with van der Waals surface area (Å²) in [7, 11) is 0. The molecule has 1 aromatic carbocycles. The molecule has 196 valence electrons. The summed E-state index contributed by atoms with van der Waals surface area (Å²) in [6.07, 6.45) is 2.26. The number of fused-ring (bicyclic) bond motifs is 1. The highest BCUT2D eigenvalue weighted by atomic mass is 16.6. The molecule has 2 amide bonds. The van der Waals surface area contributed by atoms with Gasteiger partial charge >= 0.3 is 5.97 Å². The summed E-state index contributed by atoms with van der Waals surface area (Å²) in [6.45, 7) is 11.6. The smallest absolute Gasteiger partial charge is 0.312 e. The highest BCUT2D eigenvalue weighted by Gasteiger charge is 2.75. The van der Waals surface area contributed by atoms with Crippen LogP contribution in [-0.4, -0.2) is 84.9 Å². The van der Waals surface area contributed by atoms with Crippen LogP contribution in [0.25, 0.3) is 0 Å². The molecule has 3 aliphatic heterocycles. The molecular formula is C27H37N3O6. The fourth-order valence-corrected chi connectivity index (χ4v) is 6.32. The lowest BCUT2D eigenvalue weighted by molar-refractivity contribution is -0.154. The SMILES string of the molecule is C=CCN(C(=O)C1N(CCO)C(=O)[C@@H]2[C@@H](C(=O)OCC)[C@H]3CCC12O3)c1ccc(N(CC)CC)cc1. The molecule has 2 bridgehead atoms. The normalized spacial score (nSPS) is 28.2. The molecule has 3 heterocycles. The van der Waals surface area contributed by atoms with Crippen LogP contribution < -0.4 is 9.80 Å². The number of nitrogens with zero attached hydrogens (tertiary/aromatic N) is 3. The number of anilines is 2. The van der Waals surface area contributed by atoms with Crippen LogP contribution in [0.3, 0.4) is 0 Å². The van der Waals surface area contributed by atoms with Gasteiger partial charge in [0.05, 0.1) is 31.2 Å². The molecule has 3 fully saturated rings. The Balaban J connectivity index is 1.70. The second kappa shape index (κ2) is 10.6. The zero-order valence-electron chi connectivity index (χ0n) is 21.4. The van der Waals surface area contributed by atoms with E-state index in [2.05, 4.69) is 25.3 Å². The zero-order valence-corrected chi connectivity index (χ0v) is 21.4. The molecule has 0 radical (unpaired) electrons. The molecule has 1 N–H and O–H groups in total. The number of hydrogen-bond acceptors (Lipinski definition) is 7. The van der Waals surface area contributed by atoms with Gasteiger partial charge in [-0.25, -0.2) is 0 Å². The van der Waals surface area contributed by atoms with Crippen molar-refractivity contribution < 1.29 is 29.0 Å². The number of ether oxygens (including phenoxy) is 2. The van der Waals surface area contributed by atoms with Crippen LogP contribution in [0.4, 0.5) is 11.4 Å². The summed E-state index contributed by atoms with van der Waals surface area (Å²) in [4.78, 5) is 45.9. The fraction of sp³-hybridized carbons (Fsp3) is 0.593. The lowest BCUT2D eigenvalue weighted by atomic mass is 9.70. The number of aliphatic hydroxyl groups is 1. The van der Waals surface area contributed by atoms with E-state index in [1.807, 2.05) is 24.3 Å². The number of esters is 1. The van der Waals surface area contributed by atoms with E-state index < -0.39 is 35.6 Å². The van der Waals surface area contributed by atoms with Gasteiger partial charge < -0.3 is 29.3 Å². The average molecular weight is 500 g/mol. The Bertz CT molecular complexity index is 994. The molecule has 0 aliphatic carbocycles. The minimum atomic E-state index is -1.12. The van der Waals surface area contributed by atoms with E-state index in [1.165, 1.54) is 4.90 Å². The predicted molar refractivity (Wildman–Crippen MR) is 136 cm³/mol. The second-order valence-corrected chi connectivity index (χ2v) is 9.49. The first-order valence-electron chi connectivity index (χ1n) is 12.9. The summed E-state index contributed by atoms with van der Waals surface area (Å²) in [5.74, 6) is -2.65. The average Bonchev–Trinajstić information content (AvgIpc) is 3.52. The number of β-amino-alcohol motifs (C(OH)–C–C–N with tert-alkyl or cyclic N) is 1. The van der Waals surface area contributed by atoms with Crippen molar-refractivity contribution >= 4 is 29.2 Å². The van der Waals surface area contributed by atoms with Crippen molar-refractivity contribution in [3.05, 3.63) is 36.9 Å². The van der Waals surface area contributed by atoms with E-state index in [-0.39, 0.29) is 38.1 Å². The maximum absolute atomic E-state index is 14.2. The summed E-state index contributed by atoms with van der Waals surface area (Å²) >= 11 is 0. The first kappa shape index (κ1) is 26.2. The number of carbonyl (C=O) groups is 3. The van der Waals surface area contributed by atoms with Gasteiger partial charge in [-0.05, 0) is 57.9 Å². The number of benzene rings is 1. The van der Waals surface area contributed by atoms with Crippen LogP contribution in [-0.2, 0) is 23.9 Å². The van der Waals surface area contributed by atoms with Crippen molar-refractivity contribution in [3.63, 3.8) is 0 Å². The van der Waals surface area contributed by atoms with Crippen LogP contribution >= 0.6 is 0 Å². The molecule has 9 nitrogen and oxygen atoms in total. The lowest BCUT2D eigenvalue weighted by Crippen LogP contribution is -2.56. The maximum Gasteiger partial charge on any atom is 0.312 e. The predicted octanol–water partition coefficient (Wildman–Crippen LogP) is 1.98.